The SMILES string of the molecule is Nc1ccc(CN2CC3COCC(C3)C2)cc1. The Labute approximate surface area is 103 Å². The predicted molar refractivity (Wildman–Crippen MR) is 68.5 cm³/mol. The second-order valence-electron chi connectivity index (χ2n) is 5.44. The van der Waals surface area contributed by atoms with E-state index in [0.29, 0.717) is 0 Å². The van der Waals surface area contributed by atoms with E-state index in [0.717, 1.165) is 37.3 Å². The minimum atomic E-state index is 0.747. The largest absolute Gasteiger partial charge is 0.399 e. The molecular weight excluding hydrogens is 212 g/mol. The van der Waals surface area contributed by atoms with Crippen molar-refractivity contribution < 1.29 is 4.74 Å². The molecule has 2 atom stereocenters. The number of anilines is 1. The quantitative estimate of drug-likeness (QED) is 0.789. The van der Waals surface area contributed by atoms with E-state index < -0.39 is 0 Å². The first-order chi connectivity index (χ1) is 8.29. The van der Waals surface area contributed by atoms with Gasteiger partial charge in [0.15, 0.2) is 0 Å². The van der Waals surface area contributed by atoms with Gasteiger partial charge in [-0.1, -0.05) is 12.1 Å². The van der Waals surface area contributed by atoms with Gasteiger partial charge in [-0.3, -0.25) is 4.90 Å². The summed E-state index contributed by atoms with van der Waals surface area (Å²) in [5.41, 5.74) is 7.91. The van der Waals surface area contributed by atoms with Gasteiger partial charge in [-0.15, -0.1) is 0 Å². The van der Waals surface area contributed by atoms with Crippen LogP contribution in [0.2, 0.25) is 0 Å². The molecule has 0 spiro atoms. The maximum Gasteiger partial charge on any atom is 0.0506 e. The number of likely N-dealkylation sites (tertiary alicyclic amines) is 1. The monoisotopic (exact) mass is 232 g/mol. The average molecular weight is 232 g/mol. The van der Waals surface area contributed by atoms with E-state index in [2.05, 4.69) is 17.0 Å². The number of rotatable bonds is 2. The normalized spacial score (nSPS) is 29.2. The maximum absolute atomic E-state index is 5.70. The third-order valence-electron chi connectivity index (χ3n) is 3.79. The number of ether oxygens (including phenoxy) is 1. The highest BCUT2D eigenvalue weighted by Crippen LogP contribution is 2.27. The topological polar surface area (TPSA) is 38.5 Å². The Morgan fingerprint density at radius 1 is 1.12 bits per heavy atom. The van der Waals surface area contributed by atoms with Gasteiger partial charge in [0.1, 0.15) is 0 Å². The molecule has 3 heteroatoms. The van der Waals surface area contributed by atoms with Crippen molar-refractivity contribution in [1.29, 1.82) is 0 Å². The number of nitrogens with two attached hydrogens (primary N) is 1. The molecule has 2 saturated heterocycles. The van der Waals surface area contributed by atoms with Crippen molar-refractivity contribution in [2.45, 2.75) is 13.0 Å². The van der Waals surface area contributed by atoms with E-state index in [1.807, 2.05) is 12.1 Å². The Balaban J connectivity index is 1.63. The van der Waals surface area contributed by atoms with Crippen LogP contribution in [0, 0.1) is 11.8 Å². The minimum Gasteiger partial charge on any atom is -0.399 e. The molecule has 0 amide bonds. The van der Waals surface area contributed by atoms with Crippen LogP contribution in [0.5, 0.6) is 0 Å². The van der Waals surface area contributed by atoms with E-state index in [9.17, 15) is 0 Å². The second-order valence-corrected chi connectivity index (χ2v) is 5.44. The molecule has 0 radical (unpaired) electrons. The fourth-order valence-corrected chi connectivity index (χ4v) is 3.08. The number of hydrogen-bond donors (Lipinski definition) is 1. The smallest absolute Gasteiger partial charge is 0.0506 e. The van der Waals surface area contributed by atoms with Gasteiger partial charge in [0.2, 0.25) is 0 Å². The first kappa shape index (κ1) is 11.1. The van der Waals surface area contributed by atoms with Crippen molar-refractivity contribution in [3.63, 3.8) is 0 Å². The highest BCUT2D eigenvalue weighted by atomic mass is 16.5. The lowest BCUT2D eigenvalue weighted by Crippen LogP contribution is -2.46. The molecule has 0 saturated carbocycles. The second kappa shape index (κ2) is 4.67. The van der Waals surface area contributed by atoms with Crippen molar-refractivity contribution in [1.82, 2.24) is 4.90 Å². The Morgan fingerprint density at radius 3 is 2.41 bits per heavy atom. The molecule has 1 aromatic rings. The first-order valence-corrected chi connectivity index (χ1v) is 6.44. The molecule has 2 unspecified atom stereocenters. The van der Waals surface area contributed by atoms with E-state index in [1.54, 1.807) is 0 Å². The fourth-order valence-electron chi connectivity index (χ4n) is 3.08. The number of piperidine rings is 1. The van der Waals surface area contributed by atoms with E-state index >= 15 is 0 Å². The summed E-state index contributed by atoms with van der Waals surface area (Å²) in [6, 6.07) is 8.25. The highest BCUT2D eigenvalue weighted by Gasteiger charge is 2.30. The van der Waals surface area contributed by atoms with Crippen molar-refractivity contribution in [3.8, 4) is 0 Å². The zero-order valence-corrected chi connectivity index (χ0v) is 10.1. The summed E-state index contributed by atoms with van der Waals surface area (Å²) < 4.78 is 5.61. The summed E-state index contributed by atoms with van der Waals surface area (Å²) in [5.74, 6) is 1.49. The Kier molecular flexibility index (Phi) is 3.04. The number of hydrogen-bond acceptors (Lipinski definition) is 3. The van der Waals surface area contributed by atoms with Crippen LogP contribution in [-0.2, 0) is 11.3 Å². The summed E-state index contributed by atoms with van der Waals surface area (Å²) in [4.78, 5) is 2.56. The average Bonchev–Trinajstić information content (AvgIpc) is 2.32. The molecule has 1 aromatic carbocycles. The van der Waals surface area contributed by atoms with Gasteiger partial charge in [-0.25, -0.2) is 0 Å². The van der Waals surface area contributed by atoms with Crippen molar-refractivity contribution in [2.24, 2.45) is 11.8 Å². The fraction of sp³-hybridized carbons (Fsp3) is 0.571. The lowest BCUT2D eigenvalue weighted by Gasteiger charge is -2.41. The van der Waals surface area contributed by atoms with Gasteiger partial charge in [-0.05, 0) is 36.0 Å². The highest BCUT2D eigenvalue weighted by molar-refractivity contribution is 5.39. The lowest BCUT2D eigenvalue weighted by molar-refractivity contribution is -0.0425. The zero-order valence-electron chi connectivity index (χ0n) is 10.1. The molecule has 2 heterocycles. The molecule has 2 aliphatic heterocycles. The van der Waals surface area contributed by atoms with Crippen molar-refractivity contribution in [3.05, 3.63) is 29.8 Å². The molecular formula is C14H20N2O. The lowest BCUT2D eigenvalue weighted by atomic mass is 9.88. The number of nitrogen functional groups attached to an aromatic ring is 1. The van der Waals surface area contributed by atoms with Crippen LogP contribution in [0.1, 0.15) is 12.0 Å². The standard InChI is InChI=1S/C14H20N2O/c15-14-3-1-11(2-4-14)6-16-7-12-5-13(8-16)10-17-9-12/h1-4,12-13H,5-10,15H2. The van der Waals surface area contributed by atoms with Crippen LogP contribution in [0.25, 0.3) is 0 Å². The van der Waals surface area contributed by atoms with Crippen LogP contribution >= 0.6 is 0 Å². The number of nitrogens with zero attached hydrogens (tertiary/aromatic N) is 1. The van der Waals surface area contributed by atoms with Crippen LogP contribution in [0.4, 0.5) is 5.69 Å². The summed E-state index contributed by atoms with van der Waals surface area (Å²) in [5, 5.41) is 0. The summed E-state index contributed by atoms with van der Waals surface area (Å²) in [6.45, 7) is 5.32. The summed E-state index contributed by atoms with van der Waals surface area (Å²) >= 11 is 0. The molecule has 2 bridgehead atoms. The molecule has 2 fully saturated rings. The molecule has 2 N–H and O–H groups in total. The van der Waals surface area contributed by atoms with E-state index in [1.165, 1.54) is 25.1 Å². The van der Waals surface area contributed by atoms with Crippen LogP contribution < -0.4 is 5.73 Å². The van der Waals surface area contributed by atoms with E-state index in [4.69, 9.17) is 10.5 Å². The molecule has 0 aliphatic carbocycles. The maximum atomic E-state index is 5.70. The Hall–Kier alpha value is -1.06. The molecule has 3 nitrogen and oxygen atoms in total. The zero-order chi connectivity index (χ0) is 11.7. The predicted octanol–water partition coefficient (Wildman–Crippen LogP) is 1.74. The Morgan fingerprint density at radius 2 is 1.76 bits per heavy atom. The minimum absolute atomic E-state index is 0.747. The van der Waals surface area contributed by atoms with Gasteiger partial charge < -0.3 is 10.5 Å². The van der Waals surface area contributed by atoms with Crippen LogP contribution in [-0.4, -0.2) is 31.2 Å². The Bertz CT molecular complexity index is 364. The van der Waals surface area contributed by atoms with Gasteiger partial charge >= 0.3 is 0 Å². The summed E-state index contributed by atoms with van der Waals surface area (Å²) in [7, 11) is 0. The van der Waals surface area contributed by atoms with Gasteiger partial charge in [-0.2, -0.15) is 0 Å². The number of fused-ring (bicyclic) bond motifs is 2. The third-order valence-corrected chi connectivity index (χ3v) is 3.79. The van der Waals surface area contributed by atoms with Crippen molar-refractivity contribution >= 4 is 5.69 Å². The van der Waals surface area contributed by atoms with Crippen LogP contribution in [0.3, 0.4) is 0 Å². The van der Waals surface area contributed by atoms with Crippen molar-refractivity contribution in [2.75, 3.05) is 32.0 Å². The van der Waals surface area contributed by atoms with Gasteiger partial charge in [0.25, 0.3) is 0 Å². The molecule has 2 aliphatic rings. The summed E-state index contributed by atoms with van der Waals surface area (Å²) in [6.07, 6.45) is 1.36. The first-order valence-electron chi connectivity index (χ1n) is 6.44. The van der Waals surface area contributed by atoms with Gasteiger partial charge in [0.05, 0.1) is 13.2 Å². The molecule has 92 valence electrons. The molecule has 0 aromatic heterocycles. The third kappa shape index (κ3) is 2.61. The van der Waals surface area contributed by atoms with Crippen LogP contribution in [0.15, 0.2) is 24.3 Å². The molecule has 3 rings (SSSR count). The van der Waals surface area contributed by atoms with Gasteiger partial charge in [0, 0.05) is 25.3 Å². The molecule has 17 heavy (non-hydrogen) atoms. The number of benzene rings is 1. The van der Waals surface area contributed by atoms with E-state index in [-0.39, 0.29) is 0 Å².